The van der Waals surface area contributed by atoms with Crippen LogP contribution in [-0.4, -0.2) is 44.4 Å². The van der Waals surface area contributed by atoms with Crippen LogP contribution < -0.4 is 9.47 Å². The van der Waals surface area contributed by atoms with Crippen molar-refractivity contribution in [3.05, 3.63) is 23.8 Å². The smallest absolute Gasteiger partial charge is 0.127 e. The number of methoxy groups -OCH3 is 2. The third-order valence-corrected chi connectivity index (χ3v) is 2.42. The molecule has 118 valence electrons. The number of ether oxygens (including phenoxy) is 2. The average Bonchev–Trinajstić information content (AvgIpc) is 2.52. The van der Waals surface area contributed by atoms with E-state index in [1.54, 1.807) is 14.2 Å². The van der Waals surface area contributed by atoms with Crippen LogP contribution in [0.1, 0.15) is 33.3 Å². The van der Waals surface area contributed by atoms with Crippen molar-refractivity contribution < 1.29 is 14.6 Å². The quantitative estimate of drug-likeness (QED) is 0.871. The Hall–Kier alpha value is -1.26. The first-order valence-electron chi connectivity index (χ1n) is 7.21. The molecule has 4 nitrogen and oxygen atoms in total. The Labute approximate surface area is 124 Å². The first-order chi connectivity index (χ1) is 9.71. The molecule has 20 heavy (non-hydrogen) atoms. The second kappa shape index (κ2) is 14.2. The topological polar surface area (TPSA) is 41.9 Å². The predicted octanol–water partition coefficient (Wildman–Crippen LogP) is 3.18. The molecule has 1 aromatic rings. The molecule has 0 spiro atoms. The van der Waals surface area contributed by atoms with Crippen molar-refractivity contribution in [3.8, 4) is 11.5 Å². The van der Waals surface area contributed by atoms with E-state index in [2.05, 4.69) is 0 Å². The summed E-state index contributed by atoms with van der Waals surface area (Å²) in [5.74, 6) is 1.59. The van der Waals surface area contributed by atoms with Crippen molar-refractivity contribution >= 4 is 0 Å². The van der Waals surface area contributed by atoms with E-state index >= 15 is 0 Å². The Morgan fingerprint density at radius 1 is 1.05 bits per heavy atom. The van der Waals surface area contributed by atoms with E-state index in [-0.39, 0.29) is 6.61 Å². The standard InChI is InChI=1S/C12H19NO3.2C2H6/c1-13(6-7-14)9-10-4-5-11(15-2)8-12(10)16-3;2*1-2/h4-5,8,14H,6-7,9H2,1-3H3;2*1-2H3. The van der Waals surface area contributed by atoms with Crippen molar-refractivity contribution in [3.63, 3.8) is 0 Å². The molecule has 0 saturated carbocycles. The average molecular weight is 285 g/mol. The number of likely N-dealkylation sites (N-methyl/N-ethyl adjacent to an activating group) is 1. The normalized spacial score (nSPS) is 9.05. The Bertz CT molecular complexity index is 329. The minimum Gasteiger partial charge on any atom is -0.497 e. The second-order valence-corrected chi connectivity index (χ2v) is 3.64. The number of nitrogens with zero attached hydrogens (tertiary/aromatic N) is 1. The van der Waals surface area contributed by atoms with Gasteiger partial charge in [0.25, 0.3) is 0 Å². The summed E-state index contributed by atoms with van der Waals surface area (Å²) < 4.78 is 10.4. The highest BCUT2D eigenvalue weighted by atomic mass is 16.5. The van der Waals surface area contributed by atoms with Gasteiger partial charge in [-0.25, -0.2) is 0 Å². The second-order valence-electron chi connectivity index (χ2n) is 3.64. The molecule has 0 heterocycles. The number of rotatable bonds is 6. The van der Waals surface area contributed by atoms with E-state index < -0.39 is 0 Å². The van der Waals surface area contributed by atoms with E-state index in [0.717, 1.165) is 23.6 Å². The molecule has 0 unspecified atom stereocenters. The fraction of sp³-hybridized carbons (Fsp3) is 0.625. The van der Waals surface area contributed by atoms with Crippen LogP contribution in [0.15, 0.2) is 18.2 Å². The summed E-state index contributed by atoms with van der Waals surface area (Å²) in [6.45, 7) is 9.55. The van der Waals surface area contributed by atoms with Crippen molar-refractivity contribution in [1.82, 2.24) is 4.90 Å². The molecule has 1 aromatic carbocycles. The van der Waals surface area contributed by atoms with E-state index in [1.165, 1.54) is 0 Å². The molecule has 0 aliphatic rings. The van der Waals surface area contributed by atoms with Crippen molar-refractivity contribution in [2.45, 2.75) is 34.2 Å². The van der Waals surface area contributed by atoms with Crippen LogP contribution in [-0.2, 0) is 6.54 Å². The molecule has 0 radical (unpaired) electrons. The summed E-state index contributed by atoms with van der Waals surface area (Å²) in [5.41, 5.74) is 1.08. The van der Waals surface area contributed by atoms with Gasteiger partial charge in [0.2, 0.25) is 0 Å². The highest BCUT2D eigenvalue weighted by Gasteiger charge is 2.07. The Morgan fingerprint density at radius 3 is 2.10 bits per heavy atom. The summed E-state index contributed by atoms with van der Waals surface area (Å²) >= 11 is 0. The largest absolute Gasteiger partial charge is 0.497 e. The zero-order valence-electron chi connectivity index (χ0n) is 14.1. The molecule has 0 aromatic heterocycles. The van der Waals surface area contributed by atoms with Gasteiger partial charge >= 0.3 is 0 Å². The van der Waals surface area contributed by atoms with Gasteiger partial charge in [0.05, 0.1) is 20.8 Å². The van der Waals surface area contributed by atoms with Crippen LogP contribution in [0.3, 0.4) is 0 Å². The number of hydrogen-bond acceptors (Lipinski definition) is 4. The van der Waals surface area contributed by atoms with Gasteiger partial charge in [-0.1, -0.05) is 33.8 Å². The van der Waals surface area contributed by atoms with Gasteiger partial charge in [-0.05, 0) is 13.1 Å². The zero-order valence-corrected chi connectivity index (χ0v) is 14.1. The van der Waals surface area contributed by atoms with Crippen LogP contribution in [0.4, 0.5) is 0 Å². The van der Waals surface area contributed by atoms with Gasteiger partial charge < -0.3 is 14.6 Å². The monoisotopic (exact) mass is 285 g/mol. The summed E-state index contributed by atoms with van der Waals surface area (Å²) in [4.78, 5) is 2.03. The summed E-state index contributed by atoms with van der Waals surface area (Å²) in [7, 11) is 5.23. The van der Waals surface area contributed by atoms with Crippen LogP contribution in [0.5, 0.6) is 11.5 Å². The van der Waals surface area contributed by atoms with Crippen molar-refractivity contribution in [2.75, 3.05) is 34.4 Å². The van der Waals surface area contributed by atoms with Gasteiger partial charge in [0.1, 0.15) is 11.5 Å². The highest BCUT2D eigenvalue weighted by molar-refractivity contribution is 5.40. The molecule has 1 N–H and O–H groups in total. The maximum atomic E-state index is 8.83. The molecule has 0 aliphatic heterocycles. The lowest BCUT2D eigenvalue weighted by Crippen LogP contribution is -2.21. The summed E-state index contributed by atoms with van der Waals surface area (Å²) in [6.07, 6.45) is 0. The molecule has 1 rings (SSSR count). The molecule has 0 amide bonds. The molecule has 4 heteroatoms. The summed E-state index contributed by atoms with van der Waals surface area (Å²) in [5, 5.41) is 8.83. The number of aliphatic hydroxyl groups excluding tert-OH is 1. The van der Waals surface area contributed by atoms with Crippen molar-refractivity contribution in [2.24, 2.45) is 0 Å². The molecule has 0 aliphatic carbocycles. The van der Waals surface area contributed by atoms with Gasteiger partial charge in [-0.15, -0.1) is 0 Å². The van der Waals surface area contributed by atoms with Gasteiger partial charge in [-0.2, -0.15) is 0 Å². The third-order valence-electron chi connectivity index (χ3n) is 2.42. The predicted molar refractivity (Wildman–Crippen MR) is 85.7 cm³/mol. The van der Waals surface area contributed by atoms with E-state index in [9.17, 15) is 0 Å². The van der Waals surface area contributed by atoms with Crippen LogP contribution >= 0.6 is 0 Å². The van der Waals surface area contributed by atoms with Crippen LogP contribution in [0, 0.1) is 0 Å². The van der Waals surface area contributed by atoms with Gasteiger partial charge in [0, 0.05) is 24.7 Å². The minimum absolute atomic E-state index is 0.162. The molecular weight excluding hydrogens is 254 g/mol. The molecule has 0 saturated heterocycles. The van der Waals surface area contributed by atoms with Crippen LogP contribution in [0.2, 0.25) is 0 Å². The molecule has 0 bridgehead atoms. The van der Waals surface area contributed by atoms with E-state index in [0.29, 0.717) is 6.54 Å². The highest BCUT2D eigenvalue weighted by Crippen LogP contribution is 2.25. The Morgan fingerprint density at radius 2 is 1.65 bits per heavy atom. The fourth-order valence-corrected chi connectivity index (χ4v) is 1.52. The lowest BCUT2D eigenvalue weighted by atomic mass is 10.2. The van der Waals surface area contributed by atoms with Crippen molar-refractivity contribution in [1.29, 1.82) is 0 Å². The summed E-state index contributed by atoms with van der Waals surface area (Å²) in [6, 6.07) is 5.75. The maximum absolute atomic E-state index is 8.83. The maximum Gasteiger partial charge on any atom is 0.127 e. The van der Waals surface area contributed by atoms with Gasteiger partial charge in [0.15, 0.2) is 0 Å². The lowest BCUT2D eigenvalue weighted by molar-refractivity contribution is 0.215. The number of hydrogen-bond donors (Lipinski definition) is 1. The minimum atomic E-state index is 0.162. The lowest BCUT2D eigenvalue weighted by Gasteiger charge is -2.17. The first-order valence-corrected chi connectivity index (χ1v) is 7.21. The van der Waals surface area contributed by atoms with Crippen LogP contribution in [0.25, 0.3) is 0 Å². The first kappa shape index (κ1) is 21.0. The van der Waals surface area contributed by atoms with E-state index in [4.69, 9.17) is 14.6 Å². The fourth-order valence-electron chi connectivity index (χ4n) is 1.52. The Kier molecular flexibility index (Phi) is 14.9. The number of benzene rings is 1. The van der Waals surface area contributed by atoms with E-state index in [1.807, 2.05) is 57.8 Å². The van der Waals surface area contributed by atoms with Gasteiger partial charge in [-0.3, -0.25) is 4.90 Å². The zero-order chi connectivity index (χ0) is 16.0. The number of aliphatic hydroxyl groups is 1. The SMILES string of the molecule is CC.CC.COc1ccc(CN(C)CCO)c(OC)c1. The third kappa shape index (κ3) is 8.02. The Balaban J connectivity index is 0. The molecule has 0 atom stereocenters. The molecular formula is C16H31NO3. The molecule has 0 fully saturated rings.